The summed E-state index contributed by atoms with van der Waals surface area (Å²) in [7, 11) is 3.30. The molecule has 1 heterocycles. The molecule has 0 bridgehead atoms. The van der Waals surface area contributed by atoms with Gasteiger partial charge in [-0.2, -0.15) is 0 Å². The number of hydrogen-bond donors (Lipinski definition) is 2. The zero-order valence-corrected chi connectivity index (χ0v) is 11.7. The van der Waals surface area contributed by atoms with E-state index >= 15 is 0 Å². The van der Waals surface area contributed by atoms with Crippen LogP contribution in [0, 0.1) is 0 Å². The van der Waals surface area contributed by atoms with Crippen LogP contribution in [-0.2, 0) is 0 Å². The Morgan fingerprint density at radius 1 is 1.05 bits per heavy atom. The fourth-order valence-corrected chi connectivity index (χ4v) is 1.82. The minimum Gasteiger partial charge on any atom is -0.497 e. The van der Waals surface area contributed by atoms with Gasteiger partial charge in [-0.1, -0.05) is 0 Å². The highest BCUT2D eigenvalue weighted by Gasteiger charge is 2.03. The lowest BCUT2D eigenvalue weighted by Crippen LogP contribution is -2.14. The summed E-state index contributed by atoms with van der Waals surface area (Å²) < 4.78 is 10.5. The van der Waals surface area contributed by atoms with E-state index in [1.165, 1.54) is 0 Å². The van der Waals surface area contributed by atoms with Crippen molar-refractivity contribution in [3.05, 3.63) is 42.7 Å². The third-order valence-corrected chi connectivity index (χ3v) is 2.84. The molecule has 0 saturated carbocycles. The summed E-state index contributed by atoms with van der Waals surface area (Å²) in [6.45, 7) is 1.55. The van der Waals surface area contributed by atoms with Crippen molar-refractivity contribution in [1.29, 1.82) is 0 Å². The standard InChI is InChI=1S/C15H19N3O2/c1-19-13-5-6-15(20-2)14(10-13)18-9-8-17-12-4-3-7-16-11-12/h3-7,10-11,17-18H,8-9H2,1-2H3. The lowest BCUT2D eigenvalue weighted by Gasteiger charge is -2.13. The Morgan fingerprint density at radius 2 is 1.90 bits per heavy atom. The molecule has 2 rings (SSSR count). The van der Waals surface area contributed by atoms with Crippen molar-refractivity contribution in [2.24, 2.45) is 0 Å². The van der Waals surface area contributed by atoms with E-state index in [4.69, 9.17) is 9.47 Å². The largest absolute Gasteiger partial charge is 0.497 e. The number of pyridine rings is 1. The number of aromatic nitrogens is 1. The van der Waals surface area contributed by atoms with Crippen molar-refractivity contribution in [3.63, 3.8) is 0 Å². The van der Waals surface area contributed by atoms with E-state index in [-0.39, 0.29) is 0 Å². The van der Waals surface area contributed by atoms with Gasteiger partial charge in [0.05, 0.1) is 25.6 Å². The Hall–Kier alpha value is -2.43. The van der Waals surface area contributed by atoms with E-state index in [9.17, 15) is 0 Å². The van der Waals surface area contributed by atoms with E-state index in [2.05, 4.69) is 15.6 Å². The second kappa shape index (κ2) is 7.23. The average Bonchev–Trinajstić information content (AvgIpc) is 2.52. The predicted molar refractivity (Wildman–Crippen MR) is 80.8 cm³/mol. The minimum absolute atomic E-state index is 0.762. The molecule has 0 aliphatic carbocycles. The summed E-state index contributed by atoms with van der Waals surface area (Å²) in [5.41, 5.74) is 1.92. The molecule has 0 spiro atoms. The quantitative estimate of drug-likeness (QED) is 0.759. The van der Waals surface area contributed by atoms with Crippen molar-refractivity contribution < 1.29 is 9.47 Å². The molecule has 0 unspecified atom stereocenters. The smallest absolute Gasteiger partial charge is 0.142 e. The third-order valence-electron chi connectivity index (χ3n) is 2.84. The number of ether oxygens (including phenoxy) is 2. The fourth-order valence-electron chi connectivity index (χ4n) is 1.82. The van der Waals surface area contributed by atoms with Crippen LogP contribution in [0.2, 0.25) is 0 Å². The molecular weight excluding hydrogens is 254 g/mol. The van der Waals surface area contributed by atoms with Gasteiger partial charge in [0.2, 0.25) is 0 Å². The molecular formula is C15H19N3O2. The molecule has 20 heavy (non-hydrogen) atoms. The Bertz CT molecular complexity index is 532. The molecule has 0 aliphatic heterocycles. The Balaban J connectivity index is 1.87. The van der Waals surface area contributed by atoms with Crippen molar-refractivity contribution in [2.45, 2.75) is 0 Å². The zero-order chi connectivity index (χ0) is 14.2. The van der Waals surface area contributed by atoms with Crippen molar-refractivity contribution >= 4 is 11.4 Å². The van der Waals surface area contributed by atoms with Crippen LogP contribution in [-0.4, -0.2) is 32.3 Å². The topological polar surface area (TPSA) is 55.4 Å². The van der Waals surface area contributed by atoms with Crippen LogP contribution in [0.25, 0.3) is 0 Å². The molecule has 1 aromatic carbocycles. The van der Waals surface area contributed by atoms with Crippen LogP contribution in [0.1, 0.15) is 0 Å². The van der Waals surface area contributed by atoms with Crippen LogP contribution in [0.15, 0.2) is 42.7 Å². The van der Waals surface area contributed by atoms with E-state index in [0.717, 1.165) is 36.0 Å². The summed E-state index contributed by atoms with van der Waals surface area (Å²) in [4.78, 5) is 4.05. The second-order valence-electron chi connectivity index (χ2n) is 4.16. The molecule has 0 saturated heterocycles. The summed E-state index contributed by atoms with van der Waals surface area (Å²) in [5, 5.41) is 6.61. The minimum atomic E-state index is 0.762. The van der Waals surface area contributed by atoms with Gasteiger partial charge in [0.15, 0.2) is 0 Å². The SMILES string of the molecule is COc1ccc(OC)c(NCCNc2cccnc2)c1. The Kier molecular flexibility index (Phi) is 5.06. The summed E-state index contributed by atoms with van der Waals surface area (Å²) in [5.74, 6) is 1.60. The molecule has 5 heteroatoms. The van der Waals surface area contributed by atoms with Crippen molar-refractivity contribution in [2.75, 3.05) is 37.9 Å². The average molecular weight is 273 g/mol. The van der Waals surface area contributed by atoms with Gasteiger partial charge < -0.3 is 20.1 Å². The number of nitrogens with one attached hydrogen (secondary N) is 2. The maximum atomic E-state index is 5.31. The number of nitrogens with zero attached hydrogens (tertiary/aromatic N) is 1. The molecule has 1 aromatic heterocycles. The monoisotopic (exact) mass is 273 g/mol. The first-order valence-corrected chi connectivity index (χ1v) is 6.43. The lowest BCUT2D eigenvalue weighted by atomic mass is 10.2. The molecule has 2 aromatic rings. The first kappa shape index (κ1) is 14.0. The number of hydrogen-bond acceptors (Lipinski definition) is 5. The van der Waals surface area contributed by atoms with E-state index in [1.54, 1.807) is 26.6 Å². The number of rotatable bonds is 7. The molecule has 0 fully saturated rings. The summed E-state index contributed by atoms with van der Waals surface area (Å²) in [6.07, 6.45) is 3.55. The van der Waals surface area contributed by atoms with E-state index < -0.39 is 0 Å². The Labute approximate surface area is 118 Å². The molecule has 0 radical (unpaired) electrons. The number of anilines is 2. The highest BCUT2D eigenvalue weighted by atomic mass is 16.5. The molecule has 2 N–H and O–H groups in total. The molecule has 0 atom stereocenters. The Morgan fingerprint density at radius 3 is 2.60 bits per heavy atom. The van der Waals surface area contributed by atoms with Gasteiger partial charge in [0.25, 0.3) is 0 Å². The number of methoxy groups -OCH3 is 2. The summed E-state index contributed by atoms with van der Waals surface area (Å²) >= 11 is 0. The van der Waals surface area contributed by atoms with Crippen LogP contribution >= 0.6 is 0 Å². The van der Waals surface area contributed by atoms with Gasteiger partial charge in [-0.25, -0.2) is 0 Å². The molecule has 0 aliphatic rings. The molecule has 106 valence electrons. The molecule has 0 amide bonds. The van der Waals surface area contributed by atoms with Gasteiger partial charge in [0, 0.05) is 31.5 Å². The number of benzene rings is 1. The van der Waals surface area contributed by atoms with Gasteiger partial charge in [-0.15, -0.1) is 0 Å². The highest BCUT2D eigenvalue weighted by Crippen LogP contribution is 2.28. The second-order valence-corrected chi connectivity index (χ2v) is 4.16. The van der Waals surface area contributed by atoms with Gasteiger partial charge in [0.1, 0.15) is 11.5 Å². The van der Waals surface area contributed by atoms with Crippen molar-refractivity contribution in [3.8, 4) is 11.5 Å². The predicted octanol–water partition coefficient (Wildman–Crippen LogP) is 2.62. The summed E-state index contributed by atoms with van der Waals surface area (Å²) in [6, 6.07) is 9.57. The van der Waals surface area contributed by atoms with Gasteiger partial charge >= 0.3 is 0 Å². The van der Waals surface area contributed by atoms with E-state index in [0.29, 0.717) is 0 Å². The van der Waals surface area contributed by atoms with Crippen LogP contribution in [0.4, 0.5) is 11.4 Å². The van der Waals surface area contributed by atoms with Crippen LogP contribution in [0.3, 0.4) is 0 Å². The van der Waals surface area contributed by atoms with Crippen LogP contribution in [0.5, 0.6) is 11.5 Å². The van der Waals surface area contributed by atoms with Gasteiger partial charge in [-0.05, 0) is 24.3 Å². The normalized spacial score (nSPS) is 9.90. The van der Waals surface area contributed by atoms with Gasteiger partial charge in [-0.3, -0.25) is 4.98 Å². The first-order valence-electron chi connectivity index (χ1n) is 6.43. The van der Waals surface area contributed by atoms with Crippen LogP contribution < -0.4 is 20.1 Å². The molecule has 5 nitrogen and oxygen atoms in total. The maximum Gasteiger partial charge on any atom is 0.142 e. The lowest BCUT2D eigenvalue weighted by molar-refractivity contribution is 0.404. The maximum absolute atomic E-state index is 5.31. The fraction of sp³-hybridized carbons (Fsp3) is 0.267. The van der Waals surface area contributed by atoms with Crippen molar-refractivity contribution in [1.82, 2.24) is 4.98 Å². The highest BCUT2D eigenvalue weighted by molar-refractivity contribution is 5.59. The first-order chi connectivity index (χ1) is 9.83. The third kappa shape index (κ3) is 3.78. The zero-order valence-electron chi connectivity index (χ0n) is 11.7. The van der Waals surface area contributed by atoms with E-state index in [1.807, 2.05) is 30.3 Å².